The number of aromatic nitrogens is 2. The van der Waals surface area contributed by atoms with E-state index < -0.39 is 12.8 Å². The molecule has 0 N–H and O–H groups in total. The van der Waals surface area contributed by atoms with Crippen LogP contribution in [0.5, 0.6) is 0 Å². The van der Waals surface area contributed by atoms with E-state index in [-0.39, 0.29) is 6.61 Å². The maximum atomic E-state index is 11.8. The monoisotopic (exact) mass is 264 g/mol. The molecule has 0 radical (unpaired) electrons. The van der Waals surface area contributed by atoms with Crippen LogP contribution in [-0.4, -0.2) is 35.5 Å². The predicted molar refractivity (Wildman–Crippen MR) is 58.6 cm³/mol. The van der Waals surface area contributed by atoms with Crippen LogP contribution in [0, 0.1) is 13.8 Å². The molecule has 0 bridgehead atoms. The van der Waals surface area contributed by atoms with Gasteiger partial charge in [-0.05, 0) is 20.3 Å². The molecule has 0 aliphatic heterocycles. The predicted octanol–water partition coefficient (Wildman–Crippen LogP) is 2.28. The van der Waals surface area contributed by atoms with E-state index in [4.69, 9.17) is 0 Å². The Morgan fingerprint density at radius 1 is 1.39 bits per heavy atom. The van der Waals surface area contributed by atoms with Crippen molar-refractivity contribution in [1.29, 1.82) is 0 Å². The fourth-order valence-electron chi connectivity index (χ4n) is 1.60. The van der Waals surface area contributed by atoms with Crippen LogP contribution in [0.2, 0.25) is 0 Å². The second-order valence-corrected chi connectivity index (χ2v) is 3.95. The second kappa shape index (κ2) is 5.99. The van der Waals surface area contributed by atoms with Gasteiger partial charge in [-0.3, -0.25) is 9.48 Å². The van der Waals surface area contributed by atoms with Gasteiger partial charge in [0, 0.05) is 18.8 Å². The highest BCUT2D eigenvalue weighted by molar-refractivity contribution is 5.77. The molecule has 0 aromatic carbocycles. The van der Waals surface area contributed by atoms with Gasteiger partial charge in [-0.15, -0.1) is 0 Å². The number of rotatable bonds is 6. The third-order valence-electron chi connectivity index (χ3n) is 2.48. The molecule has 18 heavy (non-hydrogen) atoms. The minimum Gasteiger partial charge on any atom is -0.372 e. The van der Waals surface area contributed by atoms with Gasteiger partial charge in [0.2, 0.25) is 0 Å². The number of halogens is 3. The molecule has 0 aliphatic rings. The lowest BCUT2D eigenvalue weighted by Gasteiger charge is -2.08. The van der Waals surface area contributed by atoms with Gasteiger partial charge in [0.1, 0.15) is 6.61 Å². The molecular weight excluding hydrogens is 249 g/mol. The second-order valence-electron chi connectivity index (χ2n) is 3.95. The van der Waals surface area contributed by atoms with Gasteiger partial charge in [-0.25, -0.2) is 0 Å². The zero-order valence-electron chi connectivity index (χ0n) is 10.3. The van der Waals surface area contributed by atoms with Crippen molar-refractivity contribution in [1.82, 2.24) is 9.78 Å². The van der Waals surface area contributed by atoms with Gasteiger partial charge >= 0.3 is 6.18 Å². The molecule has 1 rings (SSSR count). The lowest BCUT2D eigenvalue weighted by Crippen LogP contribution is -2.18. The molecule has 1 aromatic heterocycles. The Labute approximate surface area is 103 Å². The highest BCUT2D eigenvalue weighted by atomic mass is 19.4. The number of carbonyl (C=O) groups excluding carboxylic acids is 1. The maximum absolute atomic E-state index is 11.8. The van der Waals surface area contributed by atoms with Crippen molar-refractivity contribution in [3.8, 4) is 0 Å². The fraction of sp³-hybridized carbons (Fsp3) is 0.636. The van der Waals surface area contributed by atoms with Crippen molar-refractivity contribution in [3.63, 3.8) is 0 Å². The minimum atomic E-state index is -4.29. The van der Waals surface area contributed by atoms with Crippen LogP contribution in [0.3, 0.4) is 0 Å². The summed E-state index contributed by atoms with van der Waals surface area (Å²) in [4.78, 5) is 10.7. The summed E-state index contributed by atoms with van der Waals surface area (Å²) in [5.74, 6) is 0. The van der Waals surface area contributed by atoms with E-state index in [1.807, 2.05) is 0 Å². The van der Waals surface area contributed by atoms with Gasteiger partial charge in [-0.1, -0.05) is 0 Å². The largest absolute Gasteiger partial charge is 0.411 e. The van der Waals surface area contributed by atoms with E-state index in [9.17, 15) is 18.0 Å². The third-order valence-corrected chi connectivity index (χ3v) is 2.48. The number of nitrogens with zero attached hydrogens (tertiary/aromatic N) is 2. The molecule has 4 nitrogen and oxygen atoms in total. The van der Waals surface area contributed by atoms with Crippen molar-refractivity contribution < 1.29 is 22.7 Å². The summed E-state index contributed by atoms with van der Waals surface area (Å²) >= 11 is 0. The molecule has 0 atom stereocenters. The van der Waals surface area contributed by atoms with Crippen molar-refractivity contribution in [2.45, 2.75) is 33.0 Å². The SMILES string of the molecule is Cc1nn(CCCOCC(F)(F)F)c(C)c1C=O. The van der Waals surface area contributed by atoms with Crippen LogP contribution in [0.25, 0.3) is 0 Å². The fourth-order valence-corrected chi connectivity index (χ4v) is 1.60. The van der Waals surface area contributed by atoms with Gasteiger partial charge in [-0.2, -0.15) is 18.3 Å². The number of hydrogen-bond acceptors (Lipinski definition) is 3. The number of hydrogen-bond donors (Lipinski definition) is 0. The summed E-state index contributed by atoms with van der Waals surface area (Å²) in [5.41, 5.74) is 1.88. The van der Waals surface area contributed by atoms with Crippen LogP contribution < -0.4 is 0 Å². The lowest BCUT2D eigenvalue weighted by molar-refractivity contribution is -0.174. The maximum Gasteiger partial charge on any atom is 0.411 e. The number of aryl methyl sites for hydroxylation is 2. The van der Waals surface area contributed by atoms with Crippen molar-refractivity contribution in [3.05, 3.63) is 17.0 Å². The molecule has 0 aliphatic carbocycles. The average Bonchev–Trinajstić information content (AvgIpc) is 2.52. The first-order valence-electron chi connectivity index (χ1n) is 5.49. The molecule has 0 unspecified atom stereocenters. The van der Waals surface area contributed by atoms with Crippen molar-refractivity contribution >= 4 is 6.29 Å². The van der Waals surface area contributed by atoms with Crippen LogP contribution in [0.1, 0.15) is 28.2 Å². The quantitative estimate of drug-likeness (QED) is 0.585. The Bertz CT molecular complexity index is 413. The number of alkyl halides is 3. The molecule has 0 spiro atoms. The Kier molecular flexibility index (Phi) is 4.89. The summed E-state index contributed by atoms with van der Waals surface area (Å²) in [6, 6.07) is 0. The van der Waals surface area contributed by atoms with Crippen LogP contribution in [-0.2, 0) is 11.3 Å². The standard InChI is InChI=1S/C11H15F3N2O2/c1-8-10(6-17)9(2)16(15-8)4-3-5-18-7-11(12,13)14/h6H,3-5,7H2,1-2H3. The average molecular weight is 264 g/mol. The summed E-state index contributed by atoms with van der Waals surface area (Å²) < 4.78 is 41.5. The van der Waals surface area contributed by atoms with E-state index in [2.05, 4.69) is 9.84 Å². The number of carbonyl (C=O) groups is 1. The van der Waals surface area contributed by atoms with Crippen molar-refractivity contribution in [2.75, 3.05) is 13.2 Å². The van der Waals surface area contributed by atoms with E-state index >= 15 is 0 Å². The van der Waals surface area contributed by atoms with E-state index in [1.165, 1.54) is 0 Å². The summed E-state index contributed by atoms with van der Waals surface area (Å²) in [5, 5.41) is 4.14. The molecule has 102 valence electrons. The van der Waals surface area contributed by atoms with Crippen LogP contribution in [0.15, 0.2) is 0 Å². The zero-order valence-corrected chi connectivity index (χ0v) is 10.3. The Morgan fingerprint density at radius 3 is 2.56 bits per heavy atom. The van der Waals surface area contributed by atoms with Gasteiger partial charge in [0.25, 0.3) is 0 Å². The molecule has 0 saturated heterocycles. The highest BCUT2D eigenvalue weighted by Crippen LogP contribution is 2.15. The number of ether oxygens (including phenoxy) is 1. The minimum absolute atomic E-state index is 0.00821. The smallest absolute Gasteiger partial charge is 0.372 e. The van der Waals surface area contributed by atoms with Crippen LogP contribution >= 0.6 is 0 Å². The Hall–Kier alpha value is -1.37. The lowest BCUT2D eigenvalue weighted by atomic mass is 10.2. The zero-order chi connectivity index (χ0) is 13.8. The van der Waals surface area contributed by atoms with Gasteiger partial charge in [0.15, 0.2) is 6.29 Å². The summed E-state index contributed by atoms with van der Waals surface area (Å²) in [6.07, 6.45) is -3.15. The van der Waals surface area contributed by atoms with Crippen molar-refractivity contribution in [2.24, 2.45) is 0 Å². The third kappa shape index (κ3) is 4.14. The normalized spacial score (nSPS) is 11.8. The Balaban J connectivity index is 2.38. The highest BCUT2D eigenvalue weighted by Gasteiger charge is 2.27. The first-order chi connectivity index (χ1) is 8.35. The first-order valence-corrected chi connectivity index (χ1v) is 5.49. The molecule has 1 aromatic rings. The van der Waals surface area contributed by atoms with Crippen LogP contribution in [0.4, 0.5) is 13.2 Å². The summed E-state index contributed by atoms with van der Waals surface area (Å²) in [7, 11) is 0. The molecule has 0 saturated carbocycles. The van der Waals surface area contributed by atoms with Gasteiger partial charge in [0.05, 0.1) is 11.3 Å². The topological polar surface area (TPSA) is 44.1 Å². The molecule has 7 heteroatoms. The molecule has 1 heterocycles. The van der Waals surface area contributed by atoms with E-state index in [0.717, 1.165) is 12.0 Å². The van der Waals surface area contributed by atoms with E-state index in [1.54, 1.807) is 18.5 Å². The molecule has 0 amide bonds. The van der Waals surface area contributed by atoms with E-state index in [0.29, 0.717) is 24.2 Å². The van der Waals surface area contributed by atoms with Gasteiger partial charge < -0.3 is 4.74 Å². The Morgan fingerprint density at radius 2 is 2.06 bits per heavy atom. The first kappa shape index (κ1) is 14.7. The number of aldehydes is 1. The molecular formula is C11H15F3N2O2. The molecule has 0 fully saturated rings. The summed E-state index contributed by atoms with van der Waals surface area (Å²) in [6.45, 7) is 2.67.